The van der Waals surface area contributed by atoms with E-state index >= 15 is 0 Å². The largest absolute Gasteiger partial charge is 0.390 e. The Labute approximate surface area is 80.0 Å². The Morgan fingerprint density at radius 3 is 1.85 bits per heavy atom. The molecule has 2 unspecified atom stereocenters. The summed E-state index contributed by atoms with van der Waals surface area (Å²) in [5, 5.41) is 20.3. The molecule has 0 aromatic rings. The Morgan fingerprint density at radius 2 is 1.46 bits per heavy atom. The van der Waals surface area contributed by atoms with Crippen LogP contribution in [-0.2, 0) is 0 Å². The molecule has 0 radical (unpaired) electrons. The third kappa shape index (κ3) is 1.50. The first-order chi connectivity index (χ1) is 5.92. The summed E-state index contributed by atoms with van der Waals surface area (Å²) in [6.45, 7) is 3.77. The zero-order valence-corrected chi connectivity index (χ0v) is 8.58. The third-order valence-electron chi connectivity index (χ3n) is 4.19. The molecule has 0 spiro atoms. The van der Waals surface area contributed by atoms with E-state index in [2.05, 4.69) is 0 Å². The minimum Gasteiger partial charge on any atom is -0.390 e. The molecule has 2 N–H and O–H groups in total. The van der Waals surface area contributed by atoms with Crippen molar-refractivity contribution in [3.8, 4) is 0 Å². The summed E-state index contributed by atoms with van der Waals surface area (Å²) >= 11 is 0. The maximum absolute atomic E-state index is 10.2. The van der Waals surface area contributed by atoms with Crippen molar-refractivity contribution in [3.63, 3.8) is 0 Å². The highest BCUT2D eigenvalue weighted by atomic mass is 16.3. The van der Waals surface area contributed by atoms with Gasteiger partial charge in [-0.05, 0) is 51.9 Å². The van der Waals surface area contributed by atoms with Gasteiger partial charge in [0.2, 0.25) is 0 Å². The van der Waals surface area contributed by atoms with Crippen LogP contribution in [0, 0.1) is 11.8 Å². The summed E-state index contributed by atoms with van der Waals surface area (Å²) in [5.74, 6) is 0.845. The van der Waals surface area contributed by atoms with Gasteiger partial charge in [0.25, 0.3) is 0 Å². The van der Waals surface area contributed by atoms with Crippen LogP contribution in [0.3, 0.4) is 0 Å². The highest BCUT2D eigenvalue weighted by Crippen LogP contribution is 2.49. The Kier molecular flexibility index (Phi) is 1.97. The number of hydrogen-bond donors (Lipinski definition) is 2. The number of hydrogen-bond acceptors (Lipinski definition) is 2. The van der Waals surface area contributed by atoms with Crippen LogP contribution in [0.5, 0.6) is 0 Å². The summed E-state index contributed by atoms with van der Waals surface area (Å²) in [6.07, 6.45) is 5.01. The van der Waals surface area contributed by atoms with Crippen molar-refractivity contribution >= 4 is 0 Å². The molecule has 0 amide bonds. The Balaban J connectivity index is 2.23. The molecule has 0 saturated heterocycles. The van der Waals surface area contributed by atoms with Crippen molar-refractivity contribution < 1.29 is 10.2 Å². The first kappa shape index (κ1) is 9.47. The van der Waals surface area contributed by atoms with Gasteiger partial charge in [0.05, 0.1) is 11.2 Å². The Morgan fingerprint density at radius 1 is 1.00 bits per heavy atom. The molecule has 2 atom stereocenters. The molecule has 2 heteroatoms. The molecule has 2 aliphatic rings. The lowest BCUT2D eigenvalue weighted by Crippen LogP contribution is -2.54. The molecule has 0 aromatic heterocycles. The van der Waals surface area contributed by atoms with Crippen LogP contribution in [0.1, 0.15) is 46.0 Å². The molecular formula is C11H20O2. The van der Waals surface area contributed by atoms with Crippen molar-refractivity contribution in [2.24, 2.45) is 11.8 Å². The van der Waals surface area contributed by atoms with Crippen LogP contribution in [0.4, 0.5) is 0 Å². The van der Waals surface area contributed by atoms with Crippen molar-refractivity contribution in [3.05, 3.63) is 0 Å². The lowest BCUT2D eigenvalue weighted by atomic mass is 9.59. The van der Waals surface area contributed by atoms with Crippen LogP contribution in [0.2, 0.25) is 0 Å². The van der Waals surface area contributed by atoms with Gasteiger partial charge < -0.3 is 10.2 Å². The second-order valence-electron chi connectivity index (χ2n) is 5.45. The average molecular weight is 184 g/mol. The van der Waals surface area contributed by atoms with E-state index in [1.54, 1.807) is 0 Å². The SMILES string of the molecule is CC1(O)CCC2CCC(C)(O)C1C2. The highest BCUT2D eigenvalue weighted by Gasteiger charge is 2.50. The molecule has 2 nitrogen and oxygen atoms in total. The van der Waals surface area contributed by atoms with E-state index in [-0.39, 0.29) is 5.92 Å². The first-order valence-corrected chi connectivity index (χ1v) is 5.36. The summed E-state index contributed by atoms with van der Waals surface area (Å²) < 4.78 is 0. The van der Waals surface area contributed by atoms with Crippen LogP contribution in [0.25, 0.3) is 0 Å². The summed E-state index contributed by atoms with van der Waals surface area (Å²) in [7, 11) is 0. The lowest BCUT2D eigenvalue weighted by molar-refractivity contribution is -0.162. The van der Waals surface area contributed by atoms with Crippen LogP contribution in [-0.4, -0.2) is 21.4 Å². The molecule has 2 bridgehead atoms. The Bertz CT molecular complexity index is 188. The third-order valence-corrected chi connectivity index (χ3v) is 4.19. The van der Waals surface area contributed by atoms with Gasteiger partial charge in [-0.25, -0.2) is 0 Å². The highest BCUT2D eigenvalue weighted by molar-refractivity contribution is 5.01. The van der Waals surface area contributed by atoms with E-state index in [0.717, 1.165) is 38.0 Å². The van der Waals surface area contributed by atoms with Gasteiger partial charge in [-0.1, -0.05) is 0 Å². The average Bonchev–Trinajstić information content (AvgIpc) is 2.01. The number of aliphatic hydroxyl groups is 2. The van der Waals surface area contributed by atoms with Crippen LogP contribution >= 0.6 is 0 Å². The quantitative estimate of drug-likeness (QED) is 0.601. The predicted octanol–water partition coefficient (Wildman–Crippen LogP) is 1.70. The Hall–Kier alpha value is -0.0800. The van der Waals surface area contributed by atoms with Crippen LogP contribution < -0.4 is 0 Å². The maximum Gasteiger partial charge on any atom is 0.0675 e. The van der Waals surface area contributed by atoms with Crippen molar-refractivity contribution in [1.82, 2.24) is 0 Å². The van der Waals surface area contributed by atoms with E-state index in [4.69, 9.17) is 0 Å². The fraction of sp³-hybridized carbons (Fsp3) is 1.00. The second-order valence-corrected chi connectivity index (χ2v) is 5.45. The van der Waals surface area contributed by atoms with Gasteiger partial charge in [0, 0.05) is 5.92 Å². The molecule has 0 aliphatic heterocycles. The molecular weight excluding hydrogens is 164 g/mol. The van der Waals surface area contributed by atoms with Gasteiger partial charge in [-0.2, -0.15) is 0 Å². The van der Waals surface area contributed by atoms with Gasteiger partial charge in [-0.15, -0.1) is 0 Å². The van der Waals surface area contributed by atoms with Crippen LogP contribution in [0.15, 0.2) is 0 Å². The molecule has 2 rings (SSSR count). The normalized spacial score (nSPS) is 56.3. The topological polar surface area (TPSA) is 40.5 Å². The molecule has 0 heterocycles. The second kappa shape index (κ2) is 2.71. The van der Waals surface area contributed by atoms with E-state index < -0.39 is 11.2 Å². The molecule has 2 saturated carbocycles. The fourth-order valence-electron chi connectivity index (χ4n) is 3.23. The number of fused-ring (bicyclic) bond motifs is 2. The monoisotopic (exact) mass is 184 g/mol. The number of rotatable bonds is 0. The van der Waals surface area contributed by atoms with Gasteiger partial charge >= 0.3 is 0 Å². The van der Waals surface area contributed by atoms with E-state index in [1.165, 1.54) is 0 Å². The summed E-state index contributed by atoms with van der Waals surface area (Å²) in [5.41, 5.74) is -1.28. The van der Waals surface area contributed by atoms with Gasteiger partial charge in [0.15, 0.2) is 0 Å². The zero-order chi connectivity index (χ0) is 9.69. The fourth-order valence-corrected chi connectivity index (χ4v) is 3.23. The van der Waals surface area contributed by atoms with E-state index in [0.29, 0.717) is 0 Å². The molecule has 2 aliphatic carbocycles. The maximum atomic E-state index is 10.2. The first-order valence-electron chi connectivity index (χ1n) is 5.36. The molecule has 76 valence electrons. The summed E-state index contributed by atoms with van der Waals surface area (Å²) in [6, 6.07) is 0. The predicted molar refractivity (Wildman–Crippen MR) is 51.3 cm³/mol. The molecule has 0 aromatic carbocycles. The minimum atomic E-state index is -0.638. The molecule has 13 heavy (non-hydrogen) atoms. The minimum absolute atomic E-state index is 0.0903. The van der Waals surface area contributed by atoms with E-state index in [1.807, 2.05) is 13.8 Å². The van der Waals surface area contributed by atoms with Crippen molar-refractivity contribution in [1.29, 1.82) is 0 Å². The summed E-state index contributed by atoms with van der Waals surface area (Å²) in [4.78, 5) is 0. The molecule has 2 fully saturated rings. The van der Waals surface area contributed by atoms with Gasteiger partial charge in [-0.3, -0.25) is 0 Å². The van der Waals surface area contributed by atoms with Crippen molar-refractivity contribution in [2.45, 2.75) is 57.2 Å². The lowest BCUT2D eigenvalue weighted by Gasteiger charge is -2.51. The smallest absolute Gasteiger partial charge is 0.0675 e. The standard InChI is InChI=1S/C11H20O2/c1-10(12)5-3-8-4-6-11(2,13)9(10)7-8/h8-9,12-13H,3-7H2,1-2H3. The van der Waals surface area contributed by atoms with E-state index in [9.17, 15) is 10.2 Å². The zero-order valence-electron chi connectivity index (χ0n) is 8.58. The van der Waals surface area contributed by atoms with Crippen molar-refractivity contribution in [2.75, 3.05) is 0 Å². The van der Waals surface area contributed by atoms with Gasteiger partial charge in [0.1, 0.15) is 0 Å².